The first-order valence-corrected chi connectivity index (χ1v) is 9.79. The van der Waals surface area contributed by atoms with E-state index in [1.54, 1.807) is 6.20 Å². The van der Waals surface area contributed by atoms with Crippen molar-refractivity contribution in [1.82, 2.24) is 19.9 Å². The van der Waals surface area contributed by atoms with Crippen molar-refractivity contribution in [3.63, 3.8) is 0 Å². The number of Topliss-reactive ketones (excluding diaryl/α,β-unsaturated/α-hetero) is 1. The maximum absolute atomic E-state index is 12.7. The normalized spacial score (nSPS) is 17.4. The molecule has 0 N–H and O–H groups in total. The molecular weight excluding hydrogens is 348 g/mol. The Kier molecular flexibility index (Phi) is 5.83. The lowest BCUT2D eigenvalue weighted by Crippen LogP contribution is -2.38. The summed E-state index contributed by atoms with van der Waals surface area (Å²) >= 11 is 0. The minimum atomic E-state index is 0.114. The zero-order valence-electron chi connectivity index (χ0n) is 15.9. The summed E-state index contributed by atoms with van der Waals surface area (Å²) in [5, 5.41) is 0. The first kappa shape index (κ1) is 18.4. The number of likely N-dealkylation sites (tertiary alicyclic amines) is 1. The van der Waals surface area contributed by atoms with Crippen molar-refractivity contribution in [1.29, 1.82) is 0 Å². The quantitative estimate of drug-likeness (QED) is 0.662. The predicted octanol–water partition coefficient (Wildman–Crippen LogP) is 3.56. The summed E-state index contributed by atoms with van der Waals surface area (Å²) in [5.41, 5.74) is 2.94. The van der Waals surface area contributed by atoms with E-state index < -0.39 is 0 Å². The molecule has 0 aliphatic carbocycles. The first-order chi connectivity index (χ1) is 13.8. The number of nitrogens with zero attached hydrogens (tertiary/aromatic N) is 4. The van der Waals surface area contributed by atoms with Gasteiger partial charge in [0.2, 0.25) is 0 Å². The number of hydrogen-bond acceptors (Lipinski definition) is 5. The monoisotopic (exact) mass is 372 g/mol. The smallest absolute Gasteiger partial charge is 0.178 e. The zero-order chi connectivity index (χ0) is 19.2. The minimum Gasteiger partial charge on any atom is -0.299 e. The van der Waals surface area contributed by atoms with Gasteiger partial charge in [0.05, 0.1) is 0 Å². The molecular formula is C23H24N4O. The molecule has 1 aliphatic heterocycles. The van der Waals surface area contributed by atoms with Crippen LogP contribution in [0.4, 0.5) is 0 Å². The van der Waals surface area contributed by atoms with Crippen LogP contribution in [0.15, 0.2) is 67.1 Å². The molecule has 0 radical (unpaired) electrons. The standard InChI is InChI=1S/C23H24N4O/c28-22(13-18-7-2-1-3-8-18)20-9-6-12-27(17-20)16-19-14-25-23(26-15-19)21-10-4-5-11-24-21/h1-5,7-8,10-11,14-15,20H,6,9,12-13,16-17H2/t20-/m0/s1. The first-order valence-electron chi connectivity index (χ1n) is 9.79. The Bertz CT molecular complexity index is 897. The lowest BCUT2D eigenvalue weighted by Gasteiger charge is -2.31. The molecule has 0 unspecified atom stereocenters. The minimum absolute atomic E-state index is 0.114. The van der Waals surface area contributed by atoms with Gasteiger partial charge in [0.15, 0.2) is 5.82 Å². The highest BCUT2D eigenvalue weighted by atomic mass is 16.1. The molecule has 5 heteroatoms. The number of rotatable bonds is 6. The van der Waals surface area contributed by atoms with Crippen LogP contribution >= 0.6 is 0 Å². The molecule has 1 aromatic carbocycles. The second kappa shape index (κ2) is 8.85. The van der Waals surface area contributed by atoms with Gasteiger partial charge in [-0.15, -0.1) is 0 Å². The Morgan fingerprint density at radius 2 is 1.75 bits per heavy atom. The van der Waals surface area contributed by atoms with Gasteiger partial charge < -0.3 is 0 Å². The lowest BCUT2D eigenvalue weighted by atomic mass is 9.90. The van der Waals surface area contributed by atoms with Crippen molar-refractivity contribution in [2.45, 2.75) is 25.8 Å². The van der Waals surface area contributed by atoms with Gasteiger partial charge in [0.25, 0.3) is 0 Å². The van der Waals surface area contributed by atoms with E-state index in [0.29, 0.717) is 18.0 Å². The van der Waals surface area contributed by atoms with Crippen LogP contribution in [-0.2, 0) is 17.8 Å². The van der Waals surface area contributed by atoms with Crippen molar-refractivity contribution < 1.29 is 4.79 Å². The van der Waals surface area contributed by atoms with Crippen LogP contribution in [-0.4, -0.2) is 38.7 Å². The Balaban J connectivity index is 1.35. The van der Waals surface area contributed by atoms with E-state index in [-0.39, 0.29) is 5.92 Å². The molecule has 4 rings (SSSR count). The predicted molar refractivity (Wildman–Crippen MR) is 108 cm³/mol. The summed E-state index contributed by atoms with van der Waals surface area (Å²) in [5.74, 6) is 1.10. The second-order valence-corrected chi connectivity index (χ2v) is 7.33. The topological polar surface area (TPSA) is 59.0 Å². The molecule has 5 nitrogen and oxygen atoms in total. The van der Waals surface area contributed by atoms with Gasteiger partial charge in [-0.05, 0) is 37.1 Å². The molecule has 0 spiro atoms. The second-order valence-electron chi connectivity index (χ2n) is 7.33. The highest BCUT2D eigenvalue weighted by Crippen LogP contribution is 2.21. The number of benzene rings is 1. The fourth-order valence-electron chi connectivity index (χ4n) is 3.73. The molecule has 28 heavy (non-hydrogen) atoms. The van der Waals surface area contributed by atoms with Crippen LogP contribution < -0.4 is 0 Å². The number of ketones is 1. The molecule has 1 atom stereocenters. The van der Waals surface area contributed by atoms with E-state index in [4.69, 9.17) is 0 Å². The van der Waals surface area contributed by atoms with Crippen molar-refractivity contribution in [2.75, 3.05) is 13.1 Å². The summed E-state index contributed by atoms with van der Waals surface area (Å²) < 4.78 is 0. The average Bonchev–Trinajstić information content (AvgIpc) is 2.76. The number of carbonyl (C=O) groups excluding carboxylic acids is 1. The molecule has 1 saturated heterocycles. The Labute approximate surface area is 165 Å². The molecule has 142 valence electrons. The molecule has 3 aromatic rings. The van der Waals surface area contributed by atoms with E-state index >= 15 is 0 Å². The van der Waals surface area contributed by atoms with Crippen LogP contribution in [0.1, 0.15) is 24.0 Å². The Morgan fingerprint density at radius 1 is 0.964 bits per heavy atom. The summed E-state index contributed by atoms with van der Waals surface area (Å²) in [7, 11) is 0. The van der Waals surface area contributed by atoms with Gasteiger partial charge in [0, 0.05) is 49.6 Å². The average molecular weight is 372 g/mol. The van der Waals surface area contributed by atoms with E-state index in [2.05, 4.69) is 19.9 Å². The van der Waals surface area contributed by atoms with Gasteiger partial charge in [-0.1, -0.05) is 36.4 Å². The van der Waals surface area contributed by atoms with Crippen molar-refractivity contribution in [3.05, 3.63) is 78.2 Å². The Hall–Kier alpha value is -2.92. The number of carbonyl (C=O) groups is 1. The highest BCUT2D eigenvalue weighted by molar-refractivity contribution is 5.83. The third-order valence-electron chi connectivity index (χ3n) is 5.19. The van der Waals surface area contributed by atoms with Gasteiger partial charge in [0.1, 0.15) is 11.5 Å². The molecule has 2 aromatic heterocycles. The maximum atomic E-state index is 12.7. The van der Waals surface area contributed by atoms with E-state index in [0.717, 1.165) is 49.3 Å². The summed E-state index contributed by atoms with van der Waals surface area (Å²) in [6, 6.07) is 15.7. The maximum Gasteiger partial charge on any atom is 0.178 e. The molecule has 0 amide bonds. The number of aromatic nitrogens is 3. The van der Waals surface area contributed by atoms with Crippen molar-refractivity contribution in [3.8, 4) is 11.5 Å². The zero-order valence-corrected chi connectivity index (χ0v) is 15.9. The fraction of sp³-hybridized carbons (Fsp3) is 0.304. The van der Waals surface area contributed by atoms with Crippen LogP contribution in [0.5, 0.6) is 0 Å². The van der Waals surface area contributed by atoms with Gasteiger partial charge in [-0.25, -0.2) is 9.97 Å². The number of hydrogen-bond donors (Lipinski definition) is 0. The van der Waals surface area contributed by atoms with Crippen molar-refractivity contribution >= 4 is 5.78 Å². The van der Waals surface area contributed by atoms with E-state index in [9.17, 15) is 4.79 Å². The van der Waals surface area contributed by atoms with Gasteiger partial charge >= 0.3 is 0 Å². The van der Waals surface area contributed by atoms with Gasteiger partial charge in [-0.3, -0.25) is 14.7 Å². The SMILES string of the molecule is O=C(Cc1ccccc1)[C@H]1CCCN(Cc2cnc(-c3ccccn3)nc2)C1. The summed E-state index contributed by atoms with van der Waals surface area (Å²) in [6.45, 7) is 2.60. The van der Waals surface area contributed by atoms with Crippen LogP contribution in [0.3, 0.4) is 0 Å². The molecule has 1 fully saturated rings. The fourth-order valence-corrected chi connectivity index (χ4v) is 3.73. The third kappa shape index (κ3) is 4.67. The van der Waals surface area contributed by atoms with E-state index in [1.807, 2.05) is 60.9 Å². The molecule has 1 aliphatic rings. The van der Waals surface area contributed by atoms with E-state index in [1.165, 1.54) is 0 Å². The van der Waals surface area contributed by atoms with Crippen molar-refractivity contribution in [2.24, 2.45) is 5.92 Å². The summed E-state index contributed by atoms with van der Waals surface area (Å²) in [6.07, 6.45) is 8.04. The highest BCUT2D eigenvalue weighted by Gasteiger charge is 2.25. The molecule has 3 heterocycles. The lowest BCUT2D eigenvalue weighted by molar-refractivity contribution is -0.123. The molecule has 0 saturated carbocycles. The largest absolute Gasteiger partial charge is 0.299 e. The van der Waals surface area contributed by atoms with Crippen LogP contribution in [0, 0.1) is 5.92 Å². The Morgan fingerprint density at radius 3 is 2.50 bits per heavy atom. The third-order valence-corrected chi connectivity index (χ3v) is 5.19. The van der Waals surface area contributed by atoms with Crippen LogP contribution in [0.2, 0.25) is 0 Å². The van der Waals surface area contributed by atoms with Crippen LogP contribution in [0.25, 0.3) is 11.5 Å². The summed E-state index contributed by atoms with van der Waals surface area (Å²) in [4.78, 5) is 28.3. The number of pyridine rings is 1. The number of piperidine rings is 1. The van der Waals surface area contributed by atoms with Gasteiger partial charge in [-0.2, -0.15) is 0 Å². The molecule has 0 bridgehead atoms.